The smallest absolute Gasteiger partial charge is 0.242 e. The maximum absolute atomic E-state index is 12.8. The van der Waals surface area contributed by atoms with Crippen LogP contribution in [0, 0.1) is 5.92 Å². The predicted molar refractivity (Wildman–Crippen MR) is 95.1 cm³/mol. The second-order valence-corrected chi connectivity index (χ2v) is 7.66. The number of halogens is 1. The number of hydrogen-bond donors (Lipinski definition) is 1. The summed E-state index contributed by atoms with van der Waals surface area (Å²) >= 11 is 6.21. The predicted octanol–water partition coefficient (Wildman–Crippen LogP) is 3.45. The van der Waals surface area contributed by atoms with Crippen LogP contribution in [0.2, 0.25) is 5.02 Å². The van der Waals surface area contributed by atoms with E-state index in [4.69, 9.17) is 11.6 Å². The minimum Gasteiger partial charge on any atom is -0.389 e. The zero-order valence-corrected chi connectivity index (χ0v) is 14.5. The largest absolute Gasteiger partial charge is 0.389 e. The molecule has 1 aliphatic heterocycles. The van der Waals surface area contributed by atoms with Crippen molar-refractivity contribution >= 4 is 28.4 Å². The number of fused-ring (bicyclic) bond motifs is 2. The summed E-state index contributed by atoms with van der Waals surface area (Å²) in [6, 6.07) is 7.73. The van der Waals surface area contributed by atoms with Crippen molar-refractivity contribution in [1.29, 1.82) is 0 Å². The highest BCUT2D eigenvalue weighted by Crippen LogP contribution is 2.39. The molecule has 2 heterocycles. The van der Waals surface area contributed by atoms with Crippen LogP contribution in [0.25, 0.3) is 10.9 Å². The molecule has 1 amide bonds. The first kappa shape index (κ1) is 16.0. The van der Waals surface area contributed by atoms with E-state index in [1.807, 2.05) is 39.9 Å². The van der Waals surface area contributed by atoms with Crippen LogP contribution in [-0.2, 0) is 11.3 Å². The summed E-state index contributed by atoms with van der Waals surface area (Å²) in [5.41, 5.74) is 0.449. The Balaban J connectivity index is 1.49. The minimum atomic E-state index is -0.539. The lowest BCUT2D eigenvalue weighted by atomic mass is 9.71. The topological polar surface area (TPSA) is 45.5 Å². The first-order valence-electron chi connectivity index (χ1n) is 8.80. The van der Waals surface area contributed by atoms with Gasteiger partial charge in [0, 0.05) is 41.1 Å². The number of aliphatic hydroxyl groups is 1. The SMILES string of the molecule is O=C(Cn1ccc2c(Cl)cccc21)N1CCC2(O)CCCCC2C1. The molecule has 1 saturated heterocycles. The number of benzene rings is 1. The first-order chi connectivity index (χ1) is 11.6. The number of amides is 1. The number of piperidine rings is 1. The number of likely N-dealkylation sites (tertiary alicyclic amines) is 1. The van der Waals surface area contributed by atoms with Gasteiger partial charge in [0.25, 0.3) is 0 Å². The standard InChI is InChI=1S/C19H23ClN2O2/c20-16-5-3-6-17-15(16)7-10-21(17)13-18(23)22-11-9-19(24)8-2-1-4-14(19)12-22/h3,5-7,10,14,24H,1-2,4,8-9,11-13H2. The maximum atomic E-state index is 12.8. The summed E-state index contributed by atoms with van der Waals surface area (Å²) < 4.78 is 1.96. The molecule has 24 heavy (non-hydrogen) atoms. The van der Waals surface area contributed by atoms with Crippen LogP contribution >= 0.6 is 11.6 Å². The highest BCUT2D eigenvalue weighted by molar-refractivity contribution is 6.35. The van der Waals surface area contributed by atoms with Gasteiger partial charge >= 0.3 is 0 Å². The Morgan fingerprint density at radius 2 is 2.17 bits per heavy atom. The van der Waals surface area contributed by atoms with Crippen LogP contribution in [0.15, 0.2) is 30.5 Å². The van der Waals surface area contributed by atoms with Gasteiger partial charge in [-0.3, -0.25) is 4.79 Å². The van der Waals surface area contributed by atoms with Crippen LogP contribution < -0.4 is 0 Å². The molecule has 2 atom stereocenters. The third kappa shape index (κ3) is 2.72. The van der Waals surface area contributed by atoms with E-state index in [0.29, 0.717) is 31.1 Å². The van der Waals surface area contributed by atoms with Crippen LogP contribution in [0.1, 0.15) is 32.1 Å². The summed E-state index contributed by atoms with van der Waals surface area (Å²) in [5, 5.41) is 12.5. The van der Waals surface area contributed by atoms with Gasteiger partial charge in [0.1, 0.15) is 6.54 Å². The summed E-state index contributed by atoms with van der Waals surface area (Å²) in [5.74, 6) is 0.361. The van der Waals surface area contributed by atoms with Gasteiger partial charge in [-0.2, -0.15) is 0 Å². The van der Waals surface area contributed by atoms with Gasteiger partial charge in [0.05, 0.1) is 5.60 Å². The quantitative estimate of drug-likeness (QED) is 0.905. The number of nitrogens with zero attached hydrogens (tertiary/aromatic N) is 2. The normalized spacial score (nSPS) is 27.2. The third-order valence-corrected chi connectivity index (χ3v) is 6.18. The van der Waals surface area contributed by atoms with Crippen molar-refractivity contribution in [2.24, 2.45) is 5.92 Å². The minimum absolute atomic E-state index is 0.125. The average molecular weight is 347 g/mol. The van der Waals surface area contributed by atoms with E-state index in [2.05, 4.69) is 0 Å². The number of hydrogen-bond acceptors (Lipinski definition) is 2. The summed E-state index contributed by atoms with van der Waals surface area (Å²) in [4.78, 5) is 14.7. The Morgan fingerprint density at radius 1 is 1.29 bits per heavy atom. The second kappa shape index (κ2) is 6.08. The molecule has 1 aromatic heterocycles. The first-order valence-corrected chi connectivity index (χ1v) is 9.18. The maximum Gasteiger partial charge on any atom is 0.242 e. The van der Waals surface area contributed by atoms with Gasteiger partial charge in [-0.25, -0.2) is 0 Å². The van der Waals surface area contributed by atoms with Crippen LogP contribution in [0.5, 0.6) is 0 Å². The lowest BCUT2D eigenvalue weighted by Crippen LogP contribution is -2.55. The molecule has 4 rings (SSSR count). The van der Waals surface area contributed by atoms with Crippen molar-refractivity contribution in [2.75, 3.05) is 13.1 Å². The van der Waals surface area contributed by atoms with Crippen molar-refractivity contribution in [3.63, 3.8) is 0 Å². The van der Waals surface area contributed by atoms with Crippen molar-refractivity contribution in [2.45, 2.75) is 44.2 Å². The zero-order chi connectivity index (χ0) is 16.7. The number of carbonyl (C=O) groups excluding carboxylic acids is 1. The molecule has 0 bridgehead atoms. The summed E-state index contributed by atoms with van der Waals surface area (Å²) in [6.45, 7) is 1.68. The highest BCUT2D eigenvalue weighted by Gasteiger charge is 2.43. The van der Waals surface area contributed by atoms with E-state index in [-0.39, 0.29) is 11.8 Å². The molecule has 1 saturated carbocycles. The molecule has 1 aromatic carbocycles. The molecule has 128 valence electrons. The monoisotopic (exact) mass is 346 g/mol. The molecule has 1 aliphatic carbocycles. The highest BCUT2D eigenvalue weighted by atomic mass is 35.5. The van der Waals surface area contributed by atoms with Gasteiger partial charge in [0.15, 0.2) is 0 Å². The summed E-state index contributed by atoms with van der Waals surface area (Å²) in [7, 11) is 0. The molecule has 0 spiro atoms. The molecule has 1 N–H and O–H groups in total. The van der Waals surface area contributed by atoms with Crippen molar-refractivity contribution in [1.82, 2.24) is 9.47 Å². The fourth-order valence-electron chi connectivity index (χ4n) is 4.37. The number of aromatic nitrogens is 1. The fourth-order valence-corrected chi connectivity index (χ4v) is 4.60. The Morgan fingerprint density at radius 3 is 3.04 bits per heavy atom. The Bertz CT molecular complexity index is 772. The van der Waals surface area contributed by atoms with Gasteiger partial charge < -0.3 is 14.6 Å². The fraction of sp³-hybridized carbons (Fsp3) is 0.526. The van der Waals surface area contributed by atoms with Crippen molar-refractivity contribution in [3.8, 4) is 0 Å². The summed E-state index contributed by atoms with van der Waals surface area (Å²) in [6.07, 6.45) is 6.83. The molecular weight excluding hydrogens is 324 g/mol. The van der Waals surface area contributed by atoms with E-state index < -0.39 is 5.60 Å². The second-order valence-electron chi connectivity index (χ2n) is 7.25. The third-order valence-electron chi connectivity index (χ3n) is 5.85. The van der Waals surface area contributed by atoms with Crippen molar-refractivity contribution in [3.05, 3.63) is 35.5 Å². The van der Waals surface area contributed by atoms with Crippen LogP contribution in [0.4, 0.5) is 0 Å². The van der Waals surface area contributed by atoms with Gasteiger partial charge in [-0.1, -0.05) is 30.5 Å². The van der Waals surface area contributed by atoms with Crippen LogP contribution in [-0.4, -0.2) is 39.2 Å². The van der Waals surface area contributed by atoms with Gasteiger partial charge in [-0.05, 0) is 37.5 Å². The van der Waals surface area contributed by atoms with E-state index in [9.17, 15) is 9.90 Å². The number of carbonyl (C=O) groups is 1. The average Bonchev–Trinajstić information content (AvgIpc) is 2.98. The van der Waals surface area contributed by atoms with E-state index in [1.54, 1.807) is 0 Å². The lowest BCUT2D eigenvalue weighted by Gasteiger charge is -2.47. The van der Waals surface area contributed by atoms with Gasteiger partial charge in [0.2, 0.25) is 5.91 Å². The molecule has 5 heteroatoms. The molecule has 2 aromatic rings. The Kier molecular flexibility index (Phi) is 4.05. The number of rotatable bonds is 2. The molecule has 0 radical (unpaired) electrons. The molecule has 2 unspecified atom stereocenters. The van der Waals surface area contributed by atoms with Crippen molar-refractivity contribution < 1.29 is 9.90 Å². The van der Waals surface area contributed by atoms with Gasteiger partial charge in [-0.15, -0.1) is 0 Å². The van der Waals surface area contributed by atoms with Crippen LogP contribution in [0.3, 0.4) is 0 Å². The molecule has 2 aliphatic rings. The zero-order valence-electron chi connectivity index (χ0n) is 13.7. The Hall–Kier alpha value is -1.52. The van der Waals surface area contributed by atoms with E-state index in [1.165, 1.54) is 0 Å². The lowest BCUT2D eigenvalue weighted by molar-refractivity contribution is -0.143. The molecule has 4 nitrogen and oxygen atoms in total. The van der Waals surface area contributed by atoms with E-state index in [0.717, 1.165) is 36.6 Å². The van der Waals surface area contributed by atoms with E-state index >= 15 is 0 Å². The Labute approximate surface area is 147 Å². The molecular formula is C19H23ClN2O2. The molecule has 2 fully saturated rings.